The fourth-order valence-corrected chi connectivity index (χ4v) is 1.59. The molecule has 0 radical (unpaired) electrons. The molecule has 2 heteroatoms. The monoisotopic (exact) mass is 180 g/mol. The van der Waals surface area contributed by atoms with Crippen molar-refractivity contribution in [1.82, 2.24) is 0 Å². The van der Waals surface area contributed by atoms with Crippen molar-refractivity contribution in [3.05, 3.63) is 35.0 Å². The largest absolute Gasteiger partial charge is 0.293 e. The Balaban J connectivity index is 2.55. The number of hydrogen-bond acceptors (Lipinski definition) is 2. The molecule has 1 atom stereocenters. The number of thiophene rings is 1. The summed E-state index contributed by atoms with van der Waals surface area (Å²) >= 11 is 1.50. The van der Waals surface area contributed by atoms with E-state index in [-0.39, 0.29) is 11.7 Å². The average molecular weight is 180 g/mol. The Labute approximate surface area is 76.7 Å². The Kier molecular flexibility index (Phi) is 3.23. The molecule has 0 bridgehead atoms. The first-order valence-corrected chi connectivity index (χ1v) is 4.81. The van der Waals surface area contributed by atoms with Crippen LogP contribution in [0, 0.1) is 5.92 Å². The molecule has 0 fully saturated rings. The maximum absolute atomic E-state index is 11.4. The van der Waals surface area contributed by atoms with Crippen molar-refractivity contribution in [3.63, 3.8) is 0 Å². The molecular weight excluding hydrogens is 168 g/mol. The SMILES string of the molecule is C=CC(C)CC(=O)c1cccs1. The first-order valence-electron chi connectivity index (χ1n) is 3.93. The molecule has 1 aromatic rings. The molecule has 0 spiro atoms. The van der Waals surface area contributed by atoms with Crippen LogP contribution in [0.5, 0.6) is 0 Å². The van der Waals surface area contributed by atoms with Crippen LogP contribution in [0.15, 0.2) is 30.2 Å². The van der Waals surface area contributed by atoms with Crippen LogP contribution in [0.4, 0.5) is 0 Å². The number of carbonyl (C=O) groups is 1. The number of carbonyl (C=O) groups excluding carboxylic acids is 1. The zero-order valence-corrected chi connectivity index (χ0v) is 7.93. The van der Waals surface area contributed by atoms with Gasteiger partial charge in [0, 0.05) is 6.42 Å². The van der Waals surface area contributed by atoms with Gasteiger partial charge in [0.25, 0.3) is 0 Å². The molecule has 0 aliphatic heterocycles. The predicted octanol–water partition coefficient (Wildman–Crippen LogP) is 3.14. The second-order valence-corrected chi connectivity index (χ2v) is 3.77. The van der Waals surface area contributed by atoms with Gasteiger partial charge in [0.15, 0.2) is 5.78 Å². The van der Waals surface area contributed by atoms with Crippen LogP contribution in [0.2, 0.25) is 0 Å². The minimum absolute atomic E-state index is 0.220. The van der Waals surface area contributed by atoms with E-state index in [2.05, 4.69) is 6.58 Å². The first kappa shape index (κ1) is 9.20. The van der Waals surface area contributed by atoms with Crippen molar-refractivity contribution in [2.24, 2.45) is 5.92 Å². The lowest BCUT2D eigenvalue weighted by Gasteiger charge is -2.01. The highest BCUT2D eigenvalue weighted by Gasteiger charge is 2.08. The summed E-state index contributed by atoms with van der Waals surface area (Å²) in [5, 5.41) is 1.92. The van der Waals surface area contributed by atoms with Gasteiger partial charge in [0.2, 0.25) is 0 Å². The summed E-state index contributed by atoms with van der Waals surface area (Å²) in [5.74, 6) is 0.497. The van der Waals surface area contributed by atoms with Crippen LogP contribution in [-0.4, -0.2) is 5.78 Å². The summed E-state index contributed by atoms with van der Waals surface area (Å²) in [5.41, 5.74) is 0. The second-order valence-electron chi connectivity index (χ2n) is 2.82. The van der Waals surface area contributed by atoms with Crippen LogP contribution < -0.4 is 0 Å². The van der Waals surface area contributed by atoms with Gasteiger partial charge in [-0.15, -0.1) is 17.9 Å². The highest BCUT2D eigenvalue weighted by atomic mass is 32.1. The summed E-state index contributed by atoms with van der Waals surface area (Å²) in [6.45, 7) is 5.64. The number of ketones is 1. The molecule has 1 rings (SSSR count). The predicted molar refractivity (Wildman–Crippen MR) is 52.6 cm³/mol. The molecule has 0 saturated carbocycles. The fraction of sp³-hybridized carbons (Fsp3) is 0.300. The van der Waals surface area contributed by atoms with Gasteiger partial charge < -0.3 is 0 Å². The van der Waals surface area contributed by atoms with Crippen LogP contribution in [0.25, 0.3) is 0 Å². The Morgan fingerprint density at radius 1 is 1.83 bits per heavy atom. The highest BCUT2D eigenvalue weighted by Crippen LogP contribution is 2.14. The van der Waals surface area contributed by atoms with Gasteiger partial charge in [0.1, 0.15) is 0 Å². The summed E-state index contributed by atoms with van der Waals surface area (Å²) in [6, 6.07) is 3.76. The van der Waals surface area contributed by atoms with Gasteiger partial charge in [-0.1, -0.05) is 19.1 Å². The Hall–Kier alpha value is -0.890. The molecule has 0 amide bonds. The number of rotatable bonds is 4. The third kappa shape index (κ3) is 2.31. The minimum Gasteiger partial charge on any atom is -0.293 e. The van der Waals surface area contributed by atoms with Crippen LogP contribution in [-0.2, 0) is 0 Å². The fourth-order valence-electron chi connectivity index (χ4n) is 0.914. The molecule has 0 aliphatic carbocycles. The molecule has 64 valence electrons. The average Bonchev–Trinajstić information content (AvgIpc) is 2.56. The van der Waals surface area contributed by atoms with E-state index < -0.39 is 0 Å². The maximum atomic E-state index is 11.4. The van der Waals surface area contributed by atoms with Gasteiger partial charge in [-0.05, 0) is 17.4 Å². The lowest BCUT2D eigenvalue weighted by atomic mass is 10.0. The van der Waals surface area contributed by atoms with E-state index >= 15 is 0 Å². The maximum Gasteiger partial charge on any atom is 0.173 e. The summed E-state index contributed by atoms with van der Waals surface area (Å²) in [7, 11) is 0. The van der Waals surface area contributed by atoms with Crippen molar-refractivity contribution < 1.29 is 4.79 Å². The lowest BCUT2D eigenvalue weighted by molar-refractivity contribution is 0.0976. The molecule has 1 unspecified atom stereocenters. The van der Waals surface area contributed by atoms with E-state index in [1.807, 2.05) is 30.5 Å². The third-order valence-electron chi connectivity index (χ3n) is 1.71. The van der Waals surface area contributed by atoms with Crippen LogP contribution in [0.1, 0.15) is 23.0 Å². The zero-order valence-electron chi connectivity index (χ0n) is 7.12. The molecule has 0 aromatic carbocycles. The Bertz CT molecular complexity index is 261. The third-order valence-corrected chi connectivity index (χ3v) is 2.62. The zero-order chi connectivity index (χ0) is 8.97. The molecule has 0 aliphatic rings. The summed E-state index contributed by atoms with van der Waals surface area (Å²) in [4.78, 5) is 12.3. The number of Topliss-reactive ketones (excluding diaryl/α,β-unsaturated/α-hetero) is 1. The van der Waals surface area contributed by atoms with Gasteiger partial charge in [0.05, 0.1) is 4.88 Å². The first-order chi connectivity index (χ1) is 5.74. The number of hydrogen-bond donors (Lipinski definition) is 0. The highest BCUT2D eigenvalue weighted by molar-refractivity contribution is 7.12. The van der Waals surface area contributed by atoms with Crippen molar-refractivity contribution in [1.29, 1.82) is 0 Å². The minimum atomic E-state index is 0.220. The molecule has 1 nitrogen and oxygen atoms in total. The van der Waals surface area contributed by atoms with Gasteiger partial charge in [-0.25, -0.2) is 0 Å². The van der Waals surface area contributed by atoms with Crippen molar-refractivity contribution in [3.8, 4) is 0 Å². The second kappa shape index (κ2) is 4.21. The van der Waals surface area contributed by atoms with E-state index in [9.17, 15) is 4.79 Å². The molecule has 12 heavy (non-hydrogen) atoms. The standard InChI is InChI=1S/C10H12OS/c1-3-8(2)7-9(11)10-5-4-6-12-10/h3-6,8H,1,7H2,2H3. The van der Waals surface area contributed by atoms with Crippen LogP contribution >= 0.6 is 11.3 Å². The van der Waals surface area contributed by atoms with E-state index in [0.29, 0.717) is 6.42 Å². The van der Waals surface area contributed by atoms with Crippen LogP contribution in [0.3, 0.4) is 0 Å². The molecule has 1 aromatic heterocycles. The Morgan fingerprint density at radius 2 is 2.58 bits per heavy atom. The van der Waals surface area contributed by atoms with Gasteiger partial charge in [-0.2, -0.15) is 0 Å². The smallest absolute Gasteiger partial charge is 0.173 e. The molecular formula is C10H12OS. The van der Waals surface area contributed by atoms with Crippen molar-refractivity contribution in [2.75, 3.05) is 0 Å². The summed E-state index contributed by atoms with van der Waals surface area (Å²) in [6.07, 6.45) is 2.38. The van der Waals surface area contributed by atoms with E-state index in [1.54, 1.807) is 0 Å². The van der Waals surface area contributed by atoms with Gasteiger partial charge in [-0.3, -0.25) is 4.79 Å². The molecule has 1 heterocycles. The molecule has 0 N–H and O–H groups in total. The topological polar surface area (TPSA) is 17.1 Å². The summed E-state index contributed by atoms with van der Waals surface area (Å²) < 4.78 is 0. The quantitative estimate of drug-likeness (QED) is 0.514. The van der Waals surface area contributed by atoms with Gasteiger partial charge >= 0.3 is 0 Å². The Morgan fingerprint density at radius 3 is 3.08 bits per heavy atom. The van der Waals surface area contributed by atoms with E-state index in [1.165, 1.54) is 11.3 Å². The normalized spacial score (nSPS) is 12.4. The van der Waals surface area contributed by atoms with E-state index in [4.69, 9.17) is 0 Å². The van der Waals surface area contributed by atoms with Crippen molar-refractivity contribution in [2.45, 2.75) is 13.3 Å². The molecule has 0 saturated heterocycles. The number of allylic oxidation sites excluding steroid dienone is 1. The van der Waals surface area contributed by atoms with Crippen molar-refractivity contribution >= 4 is 17.1 Å². The lowest BCUT2D eigenvalue weighted by Crippen LogP contribution is -2.01. The van der Waals surface area contributed by atoms with E-state index in [0.717, 1.165) is 4.88 Å².